The summed E-state index contributed by atoms with van der Waals surface area (Å²) < 4.78 is 19.5. The lowest BCUT2D eigenvalue weighted by molar-refractivity contribution is -0.124. The van der Waals surface area contributed by atoms with Crippen LogP contribution in [0.5, 0.6) is 5.75 Å². The van der Waals surface area contributed by atoms with Crippen molar-refractivity contribution in [3.63, 3.8) is 0 Å². The minimum Gasteiger partial charge on any atom is -0.505 e. The molecule has 0 heterocycles. The van der Waals surface area contributed by atoms with Crippen LogP contribution in [0.2, 0.25) is 0 Å². The van der Waals surface area contributed by atoms with E-state index in [9.17, 15) is 19.1 Å². The molecule has 0 aliphatic rings. The van der Waals surface area contributed by atoms with E-state index < -0.39 is 29.7 Å². The fourth-order valence-corrected chi connectivity index (χ4v) is 2.85. The molecule has 0 saturated carbocycles. The highest BCUT2D eigenvalue weighted by molar-refractivity contribution is 5.86. The Bertz CT molecular complexity index is 899. The van der Waals surface area contributed by atoms with Crippen molar-refractivity contribution in [3.8, 4) is 5.75 Å². The first-order valence-corrected chi connectivity index (χ1v) is 9.43. The molecule has 0 aromatic heterocycles. The normalized spacial score (nSPS) is 12.9. The number of phenols is 1. The van der Waals surface area contributed by atoms with Crippen LogP contribution >= 0.6 is 0 Å². The number of hydroxylamine groups is 1. The lowest BCUT2D eigenvalue weighted by atomic mass is 9.93. The summed E-state index contributed by atoms with van der Waals surface area (Å²) in [4.78, 5) is 23.5. The Kier molecular flexibility index (Phi) is 8.37. The van der Waals surface area contributed by atoms with Crippen LogP contribution in [0.4, 0.5) is 14.9 Å². The minimum absolute atomic E-state index is 0.237. The number of aryl methyl sites for hydroxylation is 1. The second-order valence-electron chi connectivity index (χ2n) is 6.96. The van der Waals surface area contributed by atoms with Crippen LogP contribution in [0.25, 0.3) is 0 Å². The van der Waals surface area contributed by atoms with Crippen molar-refractivity contribution in [3.05, 3.63) is 71.6 Å². The topological polar surface area (TPSA) is 108 Å². The second-order valence-corrected chi connectivity index (χ2v) is 6.96. The molecule has 2 aromatic rings. The number of halogens is 1. The maximum atomic E-state index is 13.9. The van der Waals surface area contributed by atoms with Crippen LogP contribution in [0.3, 0.4) is 0 Å². The van der Waals surface area contributed by atoms with Gasteiger partial charge in [-0.15, -0.1) is 0 Å². The summed E-state index contributed by atoms with van der Waals surface area (Å²) in [5.41, 5.74) is 3.50. The average molecular weight is 416 g/mol. The maximum absolute atomic E-state index is 13.9. The van der Waals surface area contributed by atoms with Gasteiger partial charge < -0.3 is 9.84 Å². The van der Waals surface area contributed by atoms with Crippen LogP contribution < -0.4 is 10.8 Å². The molecule has 0 aliphatic heterocycles. The molecule has 7 nitrogen and oxygen atoms in total. The molecule has 0 saturated heterocycles. The zero-order chi connectivity index (χ0) is 22.1. The minimum atomic E-state index is -0.813. The number of aromatic hydroxyl groups is 1. The number of rotatable bonds is 8. The predicted octanol–water partition coefficient (Wildman–Crippen LogP) is 4.61. The highest BCUT2D eigenvalue weighted by atomic mass is 19.1. The predicted molar refractivity (Wildman–Crippen MR) is 110 cm³/mol. The Hall–Kier alpha value is -3.39. The third-order valence-corrected chi connectivity index (χ3v) is 4.52. The van der Waals surface area contributed by atoms with Gasteiger partial charge in [-0.1, -0.05) is 36.8 Å². The Morgan fingerprint density at radius 3 is 2.53 bits per heavy atom. The van der Waals surface area contributed by atoms with Gasteiger partial charge in [0.05, 0.1) is 0 Å². The SMILES string of the molecule is Cc1ccc(NC(=O)O[C@H](c2ccc(O)c(F)c2)[C@@H](C)CC/C=C/C(=O)NO)cc1. The van der Waals surface area contributed by atoms with Crippen molar-refractivity contribution >= 4 is 17.7 Å². The Labute approximate surface area is 174 Å². The van der Waals surface area contributed by atoms with Gasteiger partial charge in [-0.05, 0) is 55.5 Å². The molecule has 2 rings (SSSR count). The first-order valence-electron chi connectivity index (χ1n) is 9.43. The van der Waals surface area contributed by atoms with Gasteiger partial charge in [-0.25, -0.2) is 14.7 Å². The number of nitrogens with one attached hydrogen (secondary N) is 2. The summed E-state index contributed by atoms with van der Waals surface area (Å²) in [5, 5.41) is 20.6. The number of carbonyl (C=O) groups is 2. The van der Waals surface area contributed by atoms with E-state index in [0.717, 1.165) is 11.6 Å². The molecular weight excluding hydrogens is 391 g/mol. The van der Waals surface area contributed by atoms with Crippen LogP contribution in [-0.2, 0) is 9.53 Å². The highest BCUT2D eigenvalue weighted by Gasteiger charge is 2.24. The van der Waals surface area contributed by atoms with E-state index in [2.05, 4.69) is 5.32 Å². The summed E-state index contributed by atoms with van der Waals surface area (Å²) >= 11 is 0. The van der Waals surface area contributed by atoms with E-state index >= 15 is 0 Å². The fourth-order valence-electron chi connectivity index (χ4n) is 2.85. The molecule has 2 amide bonds. The van der Waals surface area contributed by atoms with E-state index in [1.165, 1.54) is 23.7 Å². The van der Waals surface area contributed by atoms with E-state index in [-0.39, 0.29) is 5.92 Å². The zero-order valence-electron chi connectivity index (χ0n) is 16.8. The molecule has 8 heteroatoms. The molecule has 30 heavy (non-hydrogen) atoms. The molecule has 2 atom stereocenters. The van der Waals surface area contributed by atoms with Gasteiger partial charge in [-0.3, -0.25) is 15.3 Å². The number of amides is 2. The summed E-state index contributed by atoms with van der Waals surface area (Å²) in [6.45, 7) is 3.76. The summed E-state index contributed by atoms with van der Waals surface area (Å²) in [7, 11) is 0. The number of allylic oxidation sites excluding steroid dienone is 1. The summed E-state index contributed by atoms with van der Waals surface area (Å²) in [6, 6.07) is 11.0. The quantitative estimate of drug-likeness (QED) is 0.286. The zero-order valence-corrected chi connectivity index (χ0v) is 16.8. The molecular formula is C22H25FN2O5. The van der Waals surface area contributed by atoms with Gasteiger partial charge in [0.25, 0.3) is 5.91 Å². The maximum Gasteiger partial charge on any atom is 0.412 e. The van der Waals surface area contributed by atoms with Gasteiger partial charge in [0.1, 0.15) is 6.10 Å². The van der Waals surface area contributed by atoms with Crippen LogP contribution in [0.1, 0.15) is 37.0 Å². The first kappa shape index (κ1) is 22.9. The highest BCUT2D eigenvalue weighted by Crippen LogP contribution is 2.32. The van der Waals surface area contributed by atoms with Crippen molar-refractivity contribution in [2.45, 2.75) is 32.8 Å². The third kappa shape index (κ3) is 6.89. The van der Waals surface area contributed by atoms with Crippen molar-refractivity contribution < 1.29 is 29.0 Å². The van der Waals surface area contributed by atoms with E-state index in [1.54, 1.807) is 18.2 Å². The van der Waals surface area contributed by atoms with E-state index in [4.69, 9.17) is 9.94 Å². The van der Waals surface area contributed by atoms with Crippen molar-refractivity contribution in [1.82, 2.24) is 5.48 Å². The summed E-state index contributed by atoms with van der Waals surface area (Å²) in [5.74, 6) is -2.19. The van der Waals surface area contributed by atoms with Crippen molar-refractivity contribution in [2.75, 3.05) is 5.32 Å². The smallest absolute Gasteiger partial charge is 0.412 e. The standard InChI is InChI=1S/C22H25FN2O5/c1-14-7-10-17(11-8-14)24-22(28)30-21(16-9-12-19(26)18(23)13-16)15(2)5-3-4-6-20(27)25-29/h4,6-13,15,21,26,29H,3,5H2,1-2H3,(H,24,28)(H,25,27)/b6-4+/t15-,21-/m0/s1. The lowest BCUT2D eigenvalue weighted by Crippen LogP contribution is -2.22. The van der Waals surface area contributed by atoms with Crippen molar-refractivity contribution in [2.24, 2.45) is 5.92 Å². The Morgan fingerprint density at radius 2 is 1.90 bits per heavy atom. The van der Waals surface area contributed by atoms with Crippen LogP contribution in [0, 0.1) is 18.7 Å². The average Bonchev–Trinajstić information content (AvgIpc) is 2.72. The number of anilines is 1. The first-order chi connectivity index (χ1) is 14.3. The fraction of sp³-hybridized carbons (Fsp3) is 0.273. The number of ether oxygens (including phenoxy) is 1. The molecule has 0 spiro atoms. The number of hydrogen-bond donors (Lipinski definition) is 4. The Balaban J connectivity index is 2.12. The molecule has 0 bridgehead atoms. The molecule has 0 aliphatic carbocycles. The van der Waals surface area contributed by atoms with Crippen LogP contribution in [-0.4, -0.2) is 22.3 Å². The van der Waals surface area contributed by atoms with E-state index in [0.29, 0.717) is 24.1 Å². The molecule has 0 fully saturated rings. The van der Waals surface area contributed by atoms with Gasteiger partial charge in [0.15, 0.2) is 11.6 Å². The molecule has 2 aromatic carbocycles. The van der Waals surface area contributed by atoms with Gasteiger partial charge in [-0.2, -0.15) is 0 Å². The number of phenolic OH excluding ortho intramolecular Hbond substituents is 1. The number of hydrogen-bond acceptors (Lipinski definition) is 5. The third-order valence-electron chi connectivity index (χ3n) is 4.52. The van der Waals surface area contributed by atoms with Crippen LogP contribution in [0.15, 0.2) is 54.6 Å². The van der Waals surface area contributed by atoms with Gasteiger partial charge >= 0.3 is 6.09 Å². The largest absolute Gasteiger partial charge is 0.505 e. The monoisotopic (exact) mass is 416 g/mol. The molecule has 4 N–H and O–H groups in total. The van der Waals surface area contributed by atoms with Gasteiger partial charge in [0.2, 0.25) is 0 Å². The lowest BCUT2D eigenvalue weighted by Gasteiger charge is -2.25. The number of carbonyl (C=O) groups excluding carboxylic acids is 2. The second kappa shape index (κ2) is 11.0. The van der Waals surface area contributed by atoms with E-state index in [1.807, 2.05) is 26.0 Å². The molecule has 160 valence electrons. The van der Waals surface area contributed by atoms with Crippen molar-refractivity contribution in [1.29, 1.82) is 0 Å². The number of benzene rings is 2. The summed E-state index contributed by atoms with van der Waals surface area (Å²) in [6.07, 6.45) is 2.26. The molecule has 0 radical (unpaired) electrons. The Morgan fingerprint density at radius 1 is 1.20 bits per heavy atom. The van der Waals surface area contributed by atoms with Gasteiger partial charge in [0, 0.05) is 11.8 Å². The molecule has 0 unspecified atom stereocenters.